The second-order valence-electron chi connectivity index (χ2n) is 5.98. The fourth-order valence-electron chi connectivity index (χ4n) is 3.20. The predicted octanol–water partition coefficient (Wildman–Crippen LogP) is 3.93. The second-order valence-corrected chi connectivity index (χ2v) is 5.98. The van der Waals surface area contributed by atoms with E-state index in [4.69, 9.17) is 18.9 Å². The van der Waals surface area contributed by atoms with Crippen molar-refractivity contribution in [3.05, 3.63) is 52.6 Å². The Balaban J connectivity index is 1.99. The Labute approximate surface area is 153 Å². The van der Waals surface area contributed by atoms with E-state index in [1.807, 2.05) is 36.4 Å². The first-order valence-electron chi connectivity index (χ1n) is 8.33. The number of methoxy groups -OCH3 is 4. The summed E-state index contributed by atoms with van der Waals surface area (Å²) in [5.41, 5.74) is 3.35. The van der Waals surface area contributed by atoms with Crippen LogP contribution >= 0.6 is 0 Å². The first kappa shape index (κ1) is 17.9. The summed E-state index contributed by atoms with van der Waals surface area (Å²) in [7, 11) is 6.34. The van der Waals surface area contributed by atoms with E-state index in [-0.39, 0.29) is 5.78 Å². The van der Waals surface area contributed by atoms with Crippen LogP contribution in [0.4, 0.5) is 0 Å². The maximum atomic E-state index is 12.9. The van der Waals surface area contributed by atoms with Crippen LogP contribution in [0, 0.1) is 0 Å². The lowest BCUT2D eigenvalue weighted by atomic mass is 9.86. The number of fused-ring (bicyclic) bond motifs is 1. The van der Waals surface area contributed by atoms with Crippen molar-refractivity contribution in [2.75, 3.05) is 28.4 Å². The number of hydrogen-bond donors (Lipinski definition) is 0. The van der Waals surface area contributed by atoms with E-state index in [9.17, 15) is 4.79 Å². The fraction of sp³-hybridized carbons (Fsp3) is 0.286. The van der Waals surface area contributed by atoms with Gasteiger partial charge < -0.3 is 18.9 Å². The summed E-state index contributed by atoms with van der Waals surface area (Å²) >= 11 is 0. The SMILES string of the molecule is COc1ccc2c(c1)CCC(=Cc1cc(OC)c(OC)c(OC)c1)C2=O. The van der Waals surface area contributed by atoms with Gasteiger partial charge in [0.1, 0.15) is 5.75 Å². The Hall–Kier alpha value is -2.95. The Morgan fingerprint density at radius 2 is 1.54 bits per heavy atom. The van der Waals surface area contributed by atoms with E-state index >= 15 is 0 Å². The molecular formula is C21H22O5. The van der Waals surface area contributed by atoms with E-state index in [1.165, 1.54) is 0 Å². The largest absolute Gasteiger partial charge is 0.497 e. The van der Waals surface area contributed by atoms with Crippen molar-refractivity contribution in [3.8, 4) is 23.0 Å². The summed E-state index contributed by atoms with van der Waals surface area (Å²) in [6, 6.07) is 9.26. The van der Waals surface area contributed by atoms with Gasteiger partial charge in [-0.1, -0.05) is 0 Å². The molecule has 2 aromatic rings. The minimum Gasteiger partial charge on any atom is -0.497 e. The number of carbonyl (C=O) groups excluding carboxylic acids is 1. The number of hydrogen-bond acceptors (Lipinski definition) is 5. The molecule has 0 saturated heterocycles. The van der Waals surface area contributed by atoms with Crippen LogP contribution in [0.2, 0.25) is 0 Å². The van der Waals surface area contributed by atoms with Crippen LogP contribution in [0.1, 0.15) is 27.9 Å². The number of ketones is 1. The molecular weight excluding hydrogens is 332 g/mol. The highest BCUT2D eigenvalue weighted by Gasteiger charge is 2.23. The van der Waals surface area contributed by atoms with E-state index < -0.39 is 0 Å². The number of carbonyl (C=O) groups is 1. The first-order valence-corrected chi connectivity index (χ1v) is 8.33. The van der Waals surface area contributed by atoms with Gasteiger partial charge in [0.05, 0.1) is 28.4 Å². The highest BCUT2D eigenvalue weighted by atomic mass is 16.5. The van der Waals surface area contributed by atoms with Crippen molar-refractivity contribution < 1.29 is 23.7 Å². The first-order chi connectivity index (χ1) is 12.6. The average molecular weight is 354 g/mol. The van der Waals surface area contributed by atoms with Crippen LogP contribution in [-0.4, -0.2) is 34.2 Å². The molecule has 5 heteroatoms. The van der Waals surface area contributed by atoms with Crippen LogP contribution in [0.5, 0.6) is 23.0 Å². The molecule has 0 spiro atoms. The molecule has 26 heavy (non-hydrogen) atoms. The van der Waals surface area contributed by atoms with Crippen LogP contribution in [-0.2, 0) is 6.42 Å². The van der Waals surface area contributed by atoms with Crippen molar-refractivity contribution in [1.29, 1.82) is 0 Å². The molecule has 0 bridgehead atoms. The molecule has 0 heterocycles. The summed E-state index contributed by atoms with van der Waals surface area (Å²) < 4.78 is 21.4. The molecule has 0 fully saturated rings. The Kier molecular flexibility index (Phi) is 5.16. The van der Waals surface area contributed by atoms with Crippen LogP contribution in [0.3, 0.4) is 0 Å². The van der Waals surface area contributed by atoms with Gasteiger partial charge in [0, 0.05) is 11.1 Å². The third kappa shape index (κ3) is 3.25. The van der Waals surface area contributed by atoms with Gasteiger partial charge in [0.2, 0.25) is 5.75 Å². The van der Waals surface area contributed by atoms with E-state index in [0.717, 1.165) is 34.4 Å². The van der Waals surface area contributed by atoms with Crippen molar-refractivity contribution >= 4 is 11.9 Å². The molecule has 0 N–H and O–H groups in total. The van der Waals surface area contributed by atoms with Crippen molar-refractivity contribution in [2.24, 2.45) is 0 Å². The quantitative estimate of drug-likeness (QED) is 0.762. The topological polar surface area (TPSA) is 54.0 Å². The Morgan fingerprint density at radius 3 is 2.12 bits per heavy atom. The maximum absolute atomic E-state index is 12.9. The summed E-state index contributed by atoms with van der Waals surface area (Å²) in [5, 5.41) is 0. The number of rotatable bonds is 5. The van der Waals surface area contributed by atoms with Gasteiger partial charge in [0.25, 0.3) is 0 Å². The molecule has 1 aliphatic carbocycles. The van der Waals surface area contributed by atoms with Gasteiger partial charge in [-0.2, -0.15) is 0 Å². The number of Topliss-reactive ketones (excluding diaryl/α,β-unsaturated/α-hetero) is 1. The second kappa shape index (κ2) is 7.52. The molecule has 1 aliphatic rings. The van der Waals surface area contributed by atoms with Gasteiger partial charge >= 0.3 is 0 Å². The maximum Gasteiger partial charge on any atom is 0.203 e. The lowest BCUT2D eigenvalue weighted by Gasteiger charge is -2.19. The molecule has 0 aromatic heterocycles. The van der Waals surface area contributed by atoms with Crippen molar-refractivity contribution in [3.63, 3.8) is 0 Å². The zero-order valence-electron chi connectivity index (χ0n) is 15.4. The smallest absolute Gasteiger partial charge is 0.203 e. The van der Waals surface area contributed by atoms with E-state index in [2.05, 4.69) is 0 Å². The van der Waals surface area contributed by atoms with Crippen molar-refractivity contribution in [2.45, 2.75) is 12.8 Å². The molecule has 3 rings (SSSR count). The van der Waals surface area contributed by atoms with Gasteiger partial charge in [-0.05, 0) is 60.4 Å². The number of ether oxygens (including phenoxy) is 4. The highest BCUT2D eigenvalue weighted by molar-refractivity contribution is 6.13. The molecule has 5 nitrogen and oxygen atoms in total. The molecule has 136 valence electrons. The van der Waals surface area contributed by atoms with Gasteiger partial charge in [-0.15, -0.1) is 0 Å². The van der Waals surface area contributed by atoms with Crippen LogP contribution < -0.4 is 18.9 Å². The number of benzene rings is 2. The van der Waals surface area contributed by atoms with Gasteiger partial charge in [0.15, 0.2) is 17.3 Å². The lowest BCUT2D eigenvalue weighted by molar-refractivity contribution is 0.102. The third-order valence-electron chi connectivity index (χ3n) is 4.54. The molecule has 2 aromatic carbocycles. The molecule has 0 atom stereocenters. The summed E-state index contributed by atoms with van der Waals surface area (Å²) in [6.45, 7) is 0. The van der Waals surface area contributed by atoms with Gasteiger partial charge in [-0.25, -0.2) is 0 Å². The van der Waals surface area contributed by atoms with E-state index in [0.29, 0.717) is 23.7 Å². The van der Waals surface area contributed by atoms with Crippen LogP contribution in [0.15, 0.2) is 35.9 Å². The number of allylic oxidation sites excluding steroid dienone is 1. The zero-order valence-corrected chi connectivity index (χ0v) is 15.4. The van der Waals surface area contributed by atoms with Crippen LogP contribution in [0.25, 0.3) is 6.08 Å². The summed E-state index contributed by atoms with van der Waals surface area (Å²) in [6.07, 6.45) is 3.37. The molecule has 0 amide bonds. The minimum atomic E-state index is 0.0441. The standard InChI is InChI=1S/C21H22O5/c1-23-16-7-8-17-14(12-16)5-6-15(20(17)22)9-13-10-18(24-2)21(26-4)19(11-13)25-3/h7-12H,5-6H2,1-4H3. The van der Waals surface area contributed by atoms with E-state index in [1.54, 1.807) is 28.4 Å². The Bertz CT molecular complexity index is 842. The lowest BCUT2D eigenvalue weighted by Crippen LogP contribution is -2.14. The van der Waals surface area contributed by atoms with Gasteiger partial charge in [-0.3, -0.25) is 4.79 Å². The molecule has 0 saturated carbocycles. The monoisotopic (exact) mass is 354 g/mol. The highest BCUT2D eigenvalue weighted by Crippen LogP contribution is 2.39. The molecule has 0 aliphatic heterocycles. The molecule has 0 radical (unpaired) electrons. The van der Waals surface area contributed by atoms with Crippen molar-refractivity contribution in [1.82, 2.24) is 0 Å². The number of aryl methyl sites for hydroxylation is 1. The minimum absolute atomic E-state index is 0.0441. The normalized spacial score (nSPS) is 14.8. The zero-order chi connectivity index (χ0) is 18.7. The Morgan fingerprint density at radius 1 is 0.846 bits per heavy atom. The molecule has 0 unspecified atom stereocenters. The summed E-state index contributed by atoms with van der Waals surface area (Å²) in [4.78, 5) is 12.9. The third-order valence-corrected chi connectivity index (χ3v) is 4.54. The summed E-state index contributed by atoms with van der Waals surface area (Å²) in [5.74, 6) is 2.47. The average Bonchev–Trinajstić information content (AvgIpc) is 2.68. The fourth-order valence-corrected chi connectivity index (χ4v) is 3.20. The predicted molar refractivity (Wildman–Crippen MR) is 99.7 cm³/mol.